The second kappa shape index (κ2) is 6.62. The van der Waals surface area contributed by atoms with E-state index >= 15 is 0 Å². The van der Waals surface area contributed by atoms with Gasteiger partial charge in [-0.2, -0.15) is 5.26 Å². The molecule has 0 spiro atoms. The minimum Gasteiger partial charge on any atom is -0.378 e. The van der Waals surface area contributed by atoms with Crippen LogP contribution in [0, 0.1) is 11.5 Å². The van der Waals surface area contributed by atoms with E-state index in [2.05, 4.69) is 21.4 Å². The van der Waals surface area contributed by atoms with Crippen LogP contribution in [0.2, 0.25) is 0 Å². The highest BCUT2D eigenvalue weighted by Gasteiger charge is 2.23. The third kappa shape index (κ3) is 3.28. The maximum absolute atomic E-state index is 12.2. The molecule has 3 heterocycles. The summed E-state index contributed by atoms with van der Waals surface area (Å²) in [4.78, 5) is 20.4. The molecular formula is C15H19N5O2. The number of amides is 1. The van der Waals surface area contributed by atoms with Gasteiger partial charge in [0.2, 0.25) is 0 Å². The van der Waals surface area contributed by atoms with Gasteiger partial charge in [-0.1, -0.05) is 0 Å². The van der Waals surface area contributed by atoms with Gasteiger partial charge in [0.25, 0.3) is 5.91 Å². The number of morpholine rings is 1. The number of aromatic nitrogens is 1. The van der Waals surface area contributed by atoms with Crippen molar-refractivity contribution >= 4 is 11.7 Å². The molecule has 1 aromatic heterocycles. The number of nitrogens with one attached hydrogen (secondary N) is 1. The van der Waals surface area contributed by atoms with E-state index in [9.17, 15) is 4.79 Å². The second-order valence-electron chi connectivity index (χ2n) is 5.51. The van der Waals surface area contributed by atoms with E-state index in [1.54, 1.807) is 17.2 Å². The highest BCUT2D eigenvalue weighted by Crippen LogP contribution is 2.14. The van der Waals surface area contributed by atoms with Gasteiger partial charge in [-0.3, -0.25) is 4.79 Å². The molecule has 3 rings (SSSR count). The van der Waals surface area contributed by atoms with Crippen LogP contribution in [-0.4, -0.2) is 61.2 Å². The Balaban J connectivity index is 1.58. The van der Waals surface area contributed by atoms with Crippen LogP contribution in [0.5, 0.6) is 0 Å². The molecule has 0 bridgehead atoms. The number of rotatable bonds is 3. The molecule has 2 aliphatic heterocycles. The summed E-state index contributed by atoms with van der Waals surface area (Å²) in [5, 5.41) is 11.8. The lowest BCUT2D eigenvalue weighted by Gasteiger charge is -2.27. The topological polar surface area (TPSA) is 81.5 Å². The number of carbonyl (C=O) groups excluding carboxylic acids is 1. The monoisotopic (exact) mass is 301 g/mol. The van der Waals surface area contributed by atoms with E-state index in [1.165, 1.54) is 0 Å². The molecule has 1 atom stereocenters. The minimum absolute atomic E-state index is 0.0334. The third-order valence-electron chi connectivity index (χ3n) is 4.01. The number of carbonyl (C=O) groups is 1. The van der Waals surface area contributed by atoms with Gasteiger partial charge in [-0.25, -0.2) is 4.98 Å². The Kier molecular flexibility index (Phi) is 4.39. The van der Waals surface area contributed by atoms with Crippen molar-refractivity contribution in [1.82, 2.24) is 15.2 Å². The molecule has 7 heteroatoms. The first-order chi connectivity index (χ1) is 10.8. The SMILES string of the molecule is N#CN1CC[C@@H](NC(=O)c2ccc(N3CCOCC3)nc2)C1. The molecule has 0 aliphatic carbocycles. The van der Waals surface area contributed by atoms with Gasteiger partial charge in [0.1, 0.15) is 5.82 Å². The predicted octanol–water partition coefficient (Wildman–Crippen LogP) is 0.203. The van der Waals surface area contributed by atoms with Gasteiger partial charge in [-0.15, -0.1) is 0 Å². The van der Waals surface area contributed by atoms with Crippen molar-refractivity contribution < 1.29 is 9.53 Å². The summed E-state index contributed by atoms with van der Waals surface area (Å²) in [6.45, 7) is 4.36. The zero-order valence-corrected chi connectivity index (χ0v) is 12.4. The maximum Gasteiger partial charge on any atom is 0.253 e. The van der Waals surface area contributed by atoms with Crippen molar-refractivity contribution in [3.05, 3.63) is 23.9 Å². The number of pyridine rings is 1. The van der Waals surface area contributed by atoms with Crippen molar-refractivity contribution in [2.75, 3.05) is 44.3 Å². The van der Waals surface area contributed by atoms with E-state index in [0.29, 0.717) is 31.9 Å². The Morgan fingerprint density at radius 1 is 1.36 bits per heavy atom. The largest absolute Gasteiger partial charge is 0.378 e. The molecule has 2 aliphatic rings. The first-order valence-corrected chi connectivity index (χ1v) is 7.50. The number of nitrogens with zero attached hydrogens (tertiary/aromatic N) is 4. The van der Waals surface area contributed by atoms with E-state index < -0.39 is 0 Å². The molecule has 1 N–H and O–H groups in total. The zero-order valence-electron chi connectivity index (χ0n) is 12.4. The normalized spacial score (nSPS) is 21.5. The van der Waals surface area contributed by atoms with Gasteiger partial charge >= 0.3 is 0 Å². The van der Waals surface area contributed by atoms with Gasteiger partial charge in [0.15, 0.2) is 6.19 Å². The number of likely N-dealkylation sites (tertiary alicyclic amines) is 1. The lowest BCUT2D eigenvalue weighted by Crippen LogP contribution is -2.37. The van der Waals surface area contributed by atoms with Crippen molar-refractivity contribution in [2.24, 2.45) is 0 Å². The highest BCUT2D eigenvalue weighted by atomic mass is 16.5. The van der Waals surface area contributed by atoms with Crippen LogP contribution in [0.3, 0.4) is 0 Å². The molecule has 2 fully saturated rings. The van der Waals surface area contributed by atoms with Gasteiger partial charge in [0.05, 0.1) is 18.8 Å². The Morgan fingerprint density at radius 2 is 2.18 bits per heavy atom. The molecule has 1 aromatic rings. The van der Waals surface area contributed by atoms with Crippen LogP contribution >= 0.6 is 0 Å². The molecule has 0 radical (unpaired) electrons. The summed E-state index contributed by atoms with van der Waals surface area (Å²) in [6, 6.07) is 3.70. The fourth-order valence-electron chi connectivity index (χ4n) is 2.74. The number of hydrogen-bond acceptors (Lipinski definition) is 6. The second-order valence-corrected chi connectivity index (χ2v) is 5.51. The summed E-state index contributed by atoms with van der Waals surface area (Å²) in [5.41, 5.74) is 0.549. The number of nitriles is 1. The smallest absolute Gasteiger partial charge is 0.253 e. The van der Waals surface area contributed by atoms with E-state index in [0.717, 1.165) is 25.3 Å². The molecule has 1 amide bonds. The number of hydrogen-bond donors (Lipinski definition) is 1. The van der Waals surface area contributed by atoms with Crippen LogP contribution in [0.4, 0.5) is 5.82 Å². The average molecular weight is 301 g/mol. The molecule has 22 heavy (non-hydrogen) atoms. The molecular weight excluding hydrogens is 282 g/mol. The lowest BCUT2D eigenvalue weighted by molar-refractivity contribution is 0.0938. The van der Waals surface area contributed by atoms with E-state index in [4.69, 9.17) is 10.00 Å². The quantitative estimate of drug-likeness (QED) is 0.803. The Labute approximate surface area is 129 Å². The van der Waals surface area contributed by atoms with Gasteiger partial charge in [-0.05, 0) is 18.6 Å². The van der Waals surface area contributed by atoms with Crippen LogP contribution in [0.25, 0.3) is 0 Å². The summed E-state index contributed by atoms with van der Waals surface area (Å²) < 4.78 is 5.31. The average Bonchev–Trinajstić information content (AvgIpc) is 3.03. The van der Waals surface area contributed by atoms with E-state index in [-0.39, 0.29) is 11.9 Å². The maximum atomic E-state index is 12.2. The molecule has 0 saturated carbocycles. The fraction of sp³-hybridized carbons (Fsp3) is 0.533. The standard InChI is InChI=1S/C15H19N5O2/c16-11-19-4-3-13(10-19)18-15(21)12-1-2-14(17-9-12)20-5-7-22-8-6-20/h1-2,9,13H,3-8,10H2,(H,18,21)/t13-/m1/s1. The van der Waals surface area contributed by atoms with Crippen molar-refractivity contribution in [3.63, 3.8) is 0 Å². The van der Waals surface area contributed by atoms with Crippen LogP contribution in [0.1, 0.15) is 16.8 Å². The summed E-state index contributed by atoms with van der Waals surface area (Å²) in [6.07, 6.45) is 4.52. The highest BCUT2D eigenvalue weighted by molar-refractivity contribution is 5.94. The first kappa shape index (κ1) is 14.6. The minimum atomic E-state index is -0.134. The van der Waals surface area contributed by atoms with Crippen LogP contribution in [-0.2, 0) is 4.74 Å². The molecule has 2 saturated heterocycles. The molecule has 7 nitrogen and oxygen atoms in total. The zero-order chi connectivity index (χ0) is 15.4. The Bertz CT molecular complexity index is 562. The van der Waals surface area contributed by atoms with Crippen LogP contribution in [0.15, 0.2) is 18.3 Å². The number of anilines is 1. The molecule has 116 valence electrons. The Hall–Kier alpha value is -2.33. The fourth-order valence-corrected chi connectivity index (χ4v) is 2.74. The van der Waals surface area contributed by atoms with Crippen molar-refractivity contribution in [2.45, 2.75) is 12.5 Å². The predicted molar refractivity (Wildman–Crippen MR) is 80.3 cm³/mol. The van der Waals surface area contributed by atoms with Gasteiger partial charge in [0, 0.05) is 38.4 Å². The third-order valence-corrected chi connectivity index (χ3v) is 4.01. The van der Waals surface area contributed by atoms with Gasteiger partial charge < -0.3 is 19.9 Å². The Morgan fingerprint density at radius 3 is 2.82 bits per heavy atom. The first-order valence-electron chi connectivity index (χ1n) is 7.50. The van der Waals surface area contributed by atoms with Crippen LogP contribution < -0.4 is 10.2 Å². The van der Waals surface area contributed by atoms with Crippen molar-refractivity contribution in [1.29, 1.82) is 5.26 Å². The summed E-state index contributed by atoms with van der Waals surface area (Å²) in [7, 11) is 0. The number of ether oxygens (including phenoxy) is 1. The van der Waals surface area contributed by atoms with Crippen molar-refractivity contribution in [3.8, 4) is 6.19 Å². The van der Waals surface area contributed by atoms with E-state index in [1.807, 2.05) is 6.07 Å². The molecule has 0 unspecified atom stereocenters. The summed E-state index contributed by atoms with van der Waals surface area (Å²) >= 11 is 0. The summed E-state index contributed by atoms with van der Waals surface area (Å²) in [5.74, 6) is 0.738. The lowest BCUT2D eigenvalue weighted by atomic mass is 10.2. The molecule has 0 aromatic carbocycles.